The third-order valence-corrected chi connectivity index (χ3v) is 4.31. The molecule has 0 bridgehead atoms. The average molecular weight is 305 g/mol. The molecule has 1 heterocycles. The lowest BCUT2D eigenvalue weighted by atomic mass is 10.1. The maximum Gasteiger partial charge on any atom is 0.126 e. The summed E-state index contributed by atoms with van der Waals surface area (Å²) in [4.78, 5) is 4.57. The van der Waals surface area contributed by atoms with Crippen molar-refractivity contribution in [1.82, 2.24) is 9.55 Å². The number of benzene rings is 2. The molecule has 3 aromatic rings. The predicted molar refractivity (Wildman–Crippen MR) is 95.1 cm³/mol. The molecule has 3 nitrogen and oxygen atoms in total. The lowest BCUT2D eigenvalue weighted by Crippen LogP contribution is -2.18. The van der Waals surface area contributed by atoms with Crippen LogP contribution in [-0.4, -0.2) is 9.55 Å². The van der Waals surface area contributed by atoms with Crippen molar-refractivity contribution in [2.45, 2.75) is 25.8 Å². The van der Waals surface area contributed by atoms with Gasteiger partial charge in [-0.05, 0) is 29.5 Å². The lowest BCUT2D eigenvalue weighted by Gasteiger charge is -2.13. The molecule has 0 spiro atoms. The largest absolute Gasteiger partial charge is 0.330 e. The van der Waals surface area contributed by atoms with Gasteiger partial charge < -0.3 is 10.3 Å². The lowest BCUT2D eigenvalue weighted by molar-refractivity contribution is 0.634. The van der Waals surface area contributed by atoms with Gasteiger partial charge in [-0.15, -0.1) is 0 Å². The average Bonchev–Trinajstić information content (AvgIpc) is 2.97. The highest BCUT2D eigenvalue weighted by Crippen LogP contribution is 2.23. The summed E-state index contributed by atoms with van der Waals surface area (Å²) in [6, 6.07) is 18.9. The normalized spacial score (nSPS) is 12.3. The number of hydrogen-bond acceptors (Lipinski definition) is 2. The summed E-state index contributed by atoms with van der Waals surface area (Å²) in [6.45, 7) is 2.17. The molecule has 0 saturated carbocycles. The molecule has 0 aliphatic rings. The Morgan fingerprint density at radius 3 is 2.35 bits per heavy atom. The van der Waals surface area contributed by atoms with E-state index in [-0.39, 0.29) is 6.04 Å². The minimum absolute atomic E-state index is 0.105. The highest BCUT2D eigenvalue weighted by atomic mass is 15.1. The van der Waals surface area contributed by atoms with E-state index in [2.05, 4.69) is 52.9 Å². The van der Waals surface area contributed by atoms with Crippen molar-refractivity contribution < 1.29 is 0 Å². The van der Waals surface area contributed by atoms with Crippen LogP contribution in [0.1, 0.15) is 29.9 Å². The molecule has 1 atom stereocenters. The third-order valence-electron chi connectivity index (χ3n) is 4.31. The number of rotatable bonds is 5. The van der Waals surface area contributed by atoms with Crippen molar-refractivity contribution in [2.75, 3.05) is 0 Å². The monoisotopic (exact) mass is 305 g/mol. The summed E-state index contributed by atoms with van der Waals surface area (Å²) in [5.41, 5.74) is 11.2. The van der Waals surface area contributed by atoms with Crippen LogP contribution in [0.3, 0.4) is 0 Å². The van der Waals surface area contributed by atoms with Crippen LogP contribution >= 0.6 is 0 Å². The van der Waals surface area contributed by atoms with Crippen LogP contribution in [0.5, 0.6) is 0 Å². The van der Waals surface area contributed by atoms with Gasteiger partial charge in [-0.2, -0.15) is 0 Å². The quantitative estimate of drug-likeness (QED) is 0.777. The first-order valence-electron chi connectivity index (χ1n) is 8.09. The van der Waals surface area contributed by atoms with Crippen LogP contribution in [0.25, 0.3) is 11.3 Å². The Labute approximate surface area is 137 Å². The van der Waals surface area contributed by atoms with Gasteiger partial charge in [0.15, 0.2) is 0 Å². The predicted octanol–water partition coefficient (Wildman–Crippen LogP) is 3.89. The van der Waals surface area contributed by atoms with Crippen molar-refractivity contribution in [3.63, 3.8) is 0 Å². The summed E-state index contributed by atoms with van der Waals surface area (Å²) < 4.78 is 2.11. The van der Waals surface area contributed by atoms with Crippen LogP contribution in [0.2, 0.25) is 0 Å². The Morgan fingerprint density at radius 2 is 1.70 bits per heavy atom. The molecule has 2 aromatic carbocycles. The molecule has 3 rings (SSSR count). The van der Waals surface area contributed by atoms with Crippen molar-refractivity contribution in [3.05, 3.63) is 77.7 Å². The summed E-state index contributed by atoms with van der Waals surface area (Å²) in [6.07, 6.45) is 3.76. The Hall–Kier alpha value is -2.39. The SMILES string of the molecule is CCc1ccc(-c2cnc([C@@H](N)Cc3ccccc3)n2C)cc1. The number of imidazole rings is 1. The first kappa shape index (κ1) is 15.5. The fourth-order valence-electron chi connectivity index (χ4n) is 2.91. The number of hydrogen-bond donors (Lipinski definition) is 1. The summed E-state index contributed by atoms with van der Waals surface area (Å²) in [7, 11) is 2.04. The molecule has 118 valence electrons. The maximum atomic E-state index is 6.38. The van der Waals surface area contributed by atoms with Gasteiger partial charge >= 0.3 is 0 Å². The summed E-state index contributed by atoms with van der Waals surface area (Å²) in [5.74, 6) is 0.920. The molecule has 0 radical (unpaired) electrons. The van der Waals surface area contributed by atoms with E-state index in [1.165, 1.54) is 16.7 Å². The zero-order valence-electron chi connectivity index (χ0n) is 13.7. The van der Waals surface area contributed by atoms with Crippen molar-refractivity contribution in [2.24, 2.45) is 12.8 Å². The van der Waals surface area contributed by atoms with Crippen LogP contribution in [0, 0.1) is 0 Å². The van der Waals surface area contributed by atoms with Crippen LogP contribution < -0.4 is 5.73 Å². The van der Waals surface area contributed by atoms with Crippen molar-refractivity contribution >= 4 is 0 Å². The topological polar surface area (TPSA) is 43.8 Å². The van der Waals surface area contributed by atoms with Gasteiger partial charge in [-0.3, -0.25) is 0 Å². The Morgan fingerprint density at radius 1 is 1.00 bits per heavy atom. The molecule has 0 aliphatic heterocycles. The molecule has 0 aliphatic carbocycles. The van der Waals surface area contributed by atoms with Crippen LogP contribution in [-0.2, 0) is 19.9 Å². The van der Waals surface area contributed by atoms with E-state index in [0.29, 0.717) is 0 Å². The van der Waals surface area contributed by atoms with E-state index in [1.807, 2.05) is 31.4 Å². The first-order chi connectivity index (χ1) is 11.2. The zero-order chi connectivity index (χ0) is 16.2. The van der Waals surface area contributed by atoms with E-state index < -0.39 is 0 Å². The second-order valence-corrected chi connectivity index (χ2v) is 5.91. The number of aryl methyl sites for hydroxylation is 1. The van der Waals surface area contributed by atoms with Crippen LogP contribution in [0.15, 0.2) is 60.8 Å². The van der Waals surface area contributed by atoms with E-state index in [0.717, 1.165) is 24.4 Å². The van der Waals surface area contributed by atoms with Crippen LogP contribution in [0.4, 0.5) is 0 Å². The minimum Gasteiger partial charge on any atom is -0.330 e. The Balaban J connectivity index is 1.83. The molecule has 0 fully saturated rings. The second kappa shape index (κ2) is 6.80. The van der Waals surface area contributed by atoms with E-state index in [9.17, 15) is 0 Å². The zero-order valence-corrected chi connectivity index (χ0v) is 13.7. The van der Waals surface area contributed by atoms with Crippen molar-refractivity contribution in [3.8, 4) is 11.3 Å². The number of aromatic nitrogens is 2. The fraction of sp³-hybridized carbons (Fsp3) is 0.250. The van der Waals surface area contributed by atoms with Gasteiger partial charge in [-0.1, -0.05) is 61.5 Å². The molecule has 23 heavy (non-hydrogen) atoms. The summed E-state index contributed by atoms with van der Waals surface area (Å²) >= 11 is 0. The van der Waals surface area contributed by atoms with Gasteiger partial charge in [0.05, 0.1) is 17.9 Å². The van der Waals surface area contributed by atoms with E-state index in [4.69, 9.17) is 5.73 Å². The van der Waals surface area contributed by atoms with Gasteiger partial charge in [0.25, 0.3) is 0 Å². The van der Waals surface area contributed by atoms with Gasteiger partial charge in [-0.25, -0.2) is 4.98 Å². The molecule has 0 amide bonds. The molecule has 0 saturated heterocycles. The standard InChI is InChI=1S/C20H23N3/c1-3-15-9-11-17(12-10-15)19-14-22-20(23(19)2)18(21)13-16-7-5-4-6-8-16/h4-12,14,18H,3,13,21H2,1-2H3/t18-/m0/s1. The highest BCUT2D eigenvalue weighted by molar-refractivity contribution is 5.59. The number of nitrogens with two attached hydrogens (primary N) is 1. The first-order valence-corrected chi connectivity index (χ1v) is 8.09. The molecular weight excluding hydrogens is 282 g/mol. The molecule has 3 heteroatoms. The summed E-state index contributed by atoms with van der Waals surface area (Å²) in [5, 5.41) is 0. The second-order valence-electron chi connectivity index (χ2n) is 5.91. The third kappa shape index (κ3) is 3.35. The Kier molecular flexibility index (Phi) is 4.58. The highest BCUT2D eigenvalue weighted by Gasteiger charge is 2.15. The smallest absolute Gasteiger partial charge is 0.126 e. The van der Waals surface area contributed by atoms with Gasteiger partial charge in [0.1, 0.15) is 5.82 Å². The molecule has 2 N–H and O–H groups in total. The minimum atomic E-state index is -0.105. The van der Waals surface area contributed by atoms with E-state index in [1.54, 1.807) is 0 Å². The van der Waals surface area contributed by atoms with Crippen molar-refractivity contribution in [1.29, 1.82) is 0 Å². The fourth-order valence-corrected chi connectivity index (χ4v) is 2.91. The van der Waals surface area contributed by atoms with Gasteiger partial charge in [0.2, 0.25) is 0 Å². The number of nitrogens with zero attached hydrogens (tertiary/aromatic N) is 2. The van der Waals surface area contributed by atoms with Gasteiger partial charge in [0, 0.05) is 7.05 Å². The Bertz CT molecular complexity index is 757. The maximum absolute atomic E-state index is 6.38. The molecule has 1 aromatic heterocycles. The van der Waals surface area contributed by atoms with E-state index >= 15 is 0 Å². The molecular formula is C20H23N3. The molecule has 0 unspecified atom stereocenters.